The number of carbonyl (C=O) groups is 3. The van der Waals surface area contributed by atoms with E-state index in [2.05, 4.69) is 10.2 Å². The molecule has 2 aliphatic rings. The van der Waals surface area contributed by atoms with Crippen LogP contribution in [0.15, 0.2) is 69.9 Å². The van der Waals surface area contributed by atoms with E-state index >= 15 is 0 Å². The van der Waals surface area contributed by atoms with Crippen molar-refractivity contribution >= 4 is 56.9 Å². The summed E-state index contributed by atoms with van der Waals surface area (Å²) >= 11 is 1.92. The van der Waals surface area contributed by atoms with Crippen molar-refractivity contribution in [1.29, 1.82) is 0 Å². The molecule has 0 unspecified atom stereocenters. The molecule has 3 aromatic carbocycles. The Bertz CT molecular complexity index is 1620. The maximum absolute atomic E-state index is 13.4. The van der Waals surface area contributed by atoms with Gasteiger partial charge >= 0.3 is 5.63 Å². The van der Waals surface area contributed by atoms with Crippen molar-refractivity contribution in [3.05, 3.63) is 87.8 Å². The van der Waals surface area contributed by atoms with Crippen LogP contribution in [-0.2, 0) is 0 Å². The number of rotatable bonds is 5. The van der Waals surface area contributed by atoms with Crippen molar-refractivity contribution in [3.63, 3.8) is 0 Å². The monoisotopic (exact) mass is 513 g/mol. The summed E-state index contributed by atoms with van der Waals surface area (Å²) in [4.78, 5) is 55.1. The molecule has 8 nitrogen and oxygen atoms in total. The average molecular weight is 514 g/mol. The standard InChI is InChI=1S/C28H23N3O5S/c32-25(21-16-17-4-1-2-7-23(17)36-28(21)35)29-10-11-31-26(33)19-6-3-5-18-22(30-12-14-37-15-13-30)9-8-20(24(18)19)27(31)34/h1-9,16H,10-15H2,(H,29,32). The van der Waals surface area contributed by atoms with Crippen molar-refractivity contribution < 1.29 is 18.8 Å². The van der Waals surface area contributed by atoms with Gasteiger partial charge in [0, 0.05) is 70.7 Å². The molecule has 2 aliphatic heterocycles. The highest BCUT2D eigenvalue weighted by Crippen LogP contribution is 2.36. The van der Waals surface area contributed by atoms with E-state index in [0.29, 0.717) is 27.5 Å². The first-order valence-electron chi connectivity index (χ1n) is 12.1. The lowest BCUT2D eigenvalue weighted by molar-refractivity contribution is 0.0607. The van der Waals surface area contributed by atoms with E-state index in [9.17, 15) is 19.2 Å². The highest BCUT2D eigenvalue weighted by Gasteiger charge is 2.33. The number of nitrogens with zero attached hydrogens (tertiary/aromatic N) is 2. The summed E-state index contributed by atoms with van der Waals surface area (Å²) in [5.41, 5.74) is 1.50. The number of carbonyl (C=O) groups excluding carboxylic acids is 3. The highest BCUT2D eigenvalue weighted by atomic mass is 32.2. The molecule has 1 N–H and O–H groups in total. The summed E-state index contributed by atoms with van der Waals surface area (Å²) in [5, 5.41) is 4.85. The number of imide groups is 1. The maximum Gasteiger partial charge on any atom is 0.349 e. The lowest BCUT2D eigenvalue weighted by Gasteiger charge is -2.32. The molecular weight excluding hydrogens is 490 g/mol. The third kappa shape index (κ3) is 4.05. The fraction of sp³-hybridized carbons (Fsp3) is 0.214. The van der Waals surface area contributed by atoms with Gasteiger partial charge in [0.05, 0.1) is 0 Å². The number of para-hydroxylation sites is 1. The van der Waals surface area contributed by atoms with Crippen LogP contribution in [0.2, 0.25) is 0 Å². The molecule has 37 heavy (non-hydrogen) atoms. The molecule has 9 heteroatoms. The zero-order chi connectivity index (χ0) is 25.5. The molecule has 0 spiro atoms. The molecule has 4 aromatic rings. The first kappa shape index (κ1) is 23.3. The lowest BCUT2D eigenvalue weighted by Crippen LogP contribution is -2.45. The molecule has 186 valence electrons. The topological polar surface area (TPSA) is 99.9 Å². The van der Waals surface area contributed by atoms with Crippen LogP contribution in [0.3, 0.4) is 0 Å². The second-order valence-corrected chi connectivity index (χ2v) is 10.2. The number of hydrogen-bond acceptors (Lipinski definition) is 7. The first-order valence-corrected chi connectivity index (χ1v) is 13.2. The number of anilines is 1. The van der Waals surface area contributed by atoms with E-state index in [0.717, 1.165) is 40.6 Å². The molecule has 1 aromatic heterocycles. The molecule has 1 fully saturated rings. The van der Waals surface area contributed by atoms with Crippen LogP contribution in [0.4, 0.5) is 5.69 Å². The van der Waals surface area contributed by atoms with Gasteiger partial charge in [0.25, 0.3) is 17.7 Å². The van der Waals surface area contributed by atoms with Gasteiger partial charge in [-0.05, 0) is 30.3 Å². The molecule has 0 atom stereocenters. The number of amides is 3. The van der Waals surface area contributed by atoms with Gasteiger partial charge < -0.3 is 14.6 Å². The van der Waals surface area contributed by atoms with E-state index in [1.807, 2.05) is 30.0 Å². The van der Waals surface area contributed by atoms with Gasteiger partial charge in [0.1, 0.15) is 11.1 Å². The number of benzene rings is 3. The predicted octanol–water partition coefficient (Wildman–Crippen LogP) is 3.53. The van der Waals surface area contributed by atoms with Crippen LogP contribution in [0, 0.1) is 0 Å². The minimum absolute atomic E-state index is 0.00256. The largest absolute Gasteiger partial charge is 0.422 e. The smallest absolute Gasteiger partial charge is 0.349 e. The second-order valence-electron chi connectivity index (χ2n) is 8.96. The van der Waals surface area contributed by atoms with E-state index in [4.69, 9.17) is 4.42 Å². The molecule has 0 bridgehead atoms. The fourth-order valence-electron chi connectivity index (χ4n) is 5.01. The summed E-state index contributed by atoms with van der Waals surface area (Å²) in [6, 6.07) is 17.7. The van der Waals surface area contributed by atoms with Crippen LogP contribution < -0.4 is 15.8 Å². The Balaban J connectivity index is 1.22. The third-order valence-corrected chi connectivity index (χ3v) is 7.77. The summed E-state index contributed by atoms with van der Waals surface area (Å²) in [6.45, 7) is 1.82. The normalized spacial score (nSPS) is 15.5. The Morgan fingerprint density at radius 3 is 2.49 bits per heavy atom. The first-order chi connectivity index (χ1) is 18.0. The SMILES string of the molecule is O=C(NCCN1C(=O)c2cccc3c(N4CCSCC4)ccc(c23)C1=O)c1cc2ccccc2oc1=O. The summed E-state index contributed by atoms with van der Waals surface area (Å²) in [5.74, 6) is 0.675. The Kier molecular flexibility index (Phi) is 5.92. The van der Waals surface area contributed by atoms with Crippen molar-refractivity contribution in [3.8, 4) is 0 Å². The Labute approximate surface area is 216 Å². The van der Waals surface area contributed by atoms with Crippen molar-refractivity contribution in [2.45, 2.75) is 0 Å². The molecular formula is C28H23N3O5S. The van der Waals surface area contributed by atoms with E-state index in [-0.39, 0.29) is 18.7 Å². The molecule has 0 aliphatic carbocycles. The van der Waals surface area contributed by atoms with Gasteiger partial charge in [-0.3, -0.25) is 19.3 Å². The zero-order valence-electron chi connectivity index (χ0n) is 19.9. The molecule has 0 radical (unpaired) electrons. The highest BCUT2D eigenvalue weighted by molar-refractivity contribution is 7.99. The number of nitrogens with one attached hydrogen (secondary N) is 1. The van der Waals surface area contributed by atoms with Gasteiger partial charge in [0.15, 0.2) is 0 Å². The van der Waals surface area contributed by atoms with Crippen LogP contribution in [0.5, 0.6) is 0 Å². The Morgan fingerprint density at radius 1 is 0.919 bits per heavy atom. The third-order valence-electron chi connectivity index (χ3n) is 6.83. The predicted molar refractivity (Wildman–Crippen MR) is 144 cm³/mol. The molecule has 3 amide bonds. The van der Waals surface area contributed by atoms with Crippen LogP contribution in [-0.4, -0.2) is 60.3 Å². The van der Waals surface area contributed by atoms with Crippen molar-refractivity contribution in [2.75, 3.05) is 42.6 Å². The number of hydrogen-bond donors (Lipinski definition) is 1. The summed E-state index contributed by atoms with van der Waals surface area (Å²) < 4.78 is 5.23. The maximum atomic E-state index is 13.4. The molecule has 1 saturated heterocycles. The molecule has 0 saturated carbocycles. The quantitative estimate of drug-likeness (QED) is 0.322. The van der Waals surface area contributed by atoms with Crippen molar-refractivity contribution in [2.24, 2.45) is 0 Å². The Hall–Kier alpha value is -4.11. The van der Waals surface area contributed by atoms with Gasteiger partial charge in [-0.2, -0.15) is 11.8 Å². The van der Waals surface area contributed by atoms with E-state index in [1.54, 1.807) is 36.4 Å². The minimum atomic E-state index is -0.745. The van der Waals surface area contributed by atoms with Gasteiger partial charge in [-0.1, -0.05) is 30.3 Å². The van der Waals surface area contributed by atoms with Gasteiger partial charge in [-0.15, -0.1) is 0 Å². The second kappa shape index (κ2) is 9.40. The fourth-order valence-corrected chi connectivity index (χ4v) is 5.91. The van der Waals surface area contributed by atoms with Gasteiger partial charge in [-0.25, -0.2) is 4.79 Å². The zero-order valence-corrected chi connectivity index (χ0v) is 20.7. The van der Waals surface area contributed by atoms with Crippen LogP contribution in [0.25, 0.3) is 21.7 Å². The Morgan fingerprint density at radius 2 is 1.68 bits per heavy atom. The number of thioether (sulfide) groups is 1. The molecule has 6 rings (SSSR count). The van der Waals surface area contributed by atoms with Crippen LogP contribution >= 0.6 is 11.8 Å². The average Bonchev–Trinajstić information content (AvgIpc) is 2.93. The lowest BCUT2D eigenvalue weighted by atomic mass is 9.92. The minimum Gasteiger partial charge on any atom is -0.422 e. The summed E-state index contributed by atoms with van der Waals surface area (Å²) in [7, 11) is 0. The number of fused-ring (bicyclic) bond motifs is 1. The van der Waals surface area contributed by atoms with E-state index in [1.165, 1.54) is 6.07 Å². The van der Waals surface area contributed by atoms with E-state index < -0.39 is 23.3 Å². The summed E-state index contributed by atoms with van der Waals surface area (Å²) in [6.07, 6.45) is 0. The van der Waals surface area contributed by atoms with Gasteiger partial charge in [0.2, 0.25) is 0 Å². The van der Waals surface area contributed by atoms with Crippen LogP contribution in [0.1, 0.15) is 31.1 Å². The molecule has 3 heterocycles. The van der Waals surface area contributed by atoms with Crippen molar-refractivity contribution in [1.82, 2.24) is 10.2 Å².